The maximum absolute atomic E-state index is 12.6. The monoisotopic (exact) mass is 429 g/mol. The van der Waals surface area contributed by atoms with Crippen LogP contribution in [0.4, 0.5) is 4.79 Å². The van der Waals surface area contributed by atoms with E-state index in [0.29, 0.717) is 34.1 Å². The molecule has 160 valence electrons. The number of rotatable bonds is 8. The Morgan fingerprint density at radius 1 is 1.33 bits per heavy atom. The quantitative estimate of drug-likeness (QED) is 0.310. The van der Waals surface area contributed by atoms with E-state index in [9.17, 15) is 9.90 Å². The molecule has 0 amide bonds. The molecule has 3 rings (SSSR count). The lowest BCUT2D eigenvalue weighted by atomic mass is 10.1. The van der Waals surface area contributed by atoms with Crippen LogP contribution in [0.3, 0.4) is 0 Å². The number of aliphatic hydroxyl groups is 1. The molecule has 1 aromatic carbocycles. The van der Waals surface area contributed by atoms with Gasteiger partial charge in [-0.2, -0.15) is 0 Å². The van der Waals surface area contributed by atoms with E-state index in [4.69, 9.17) is 9.57 Å². The number of fused-ring (bicyclic) bond motifs is 1. The van der Waals surface area contributed by atoms with E-state index < -0.39 is 12.2 Å². The minimum Gasteiger partial charge on any atom is -0.449 e. The van der Waals surface area contributed by atoms with E-state index in [1.165, 1.54) is 23.0 Å². The number of benzene rings is 1. The fourth-order valence-electron chi connectivity index (χ4n) is 3.16. The van der Waals surface area contributed by atoms with Crippen LogP contribution in [0.5, 0.6) is 0 Å². The molecular formula is C22H27N3O4S. The highest BCUT2D eigenvalue weighted by Gasteiger charge is 2.24. The van der Waals surface area contributed by atoms with Gasteiger partial charge < -0.3 is 14.7 Å². The minimum atomic E-state index is -0.978. The summed E-state index contributed by atoms with van der Waals surface area (Å²) in [4.78, 5) is 22.1. The second-order valence-corrected chi connectivity index (χ2v) is 8.12. The smallest absolute Gasteiger partial charge is 0.418 e. The maximum Gasteiger partial charge on any atom is 0.418 e. The van der Waals surface area contributed by atoms with Crippen molar-refractivity contribution in [3.63, 3.8) is 0 Å². The lowest BCUT2D eigenvalue weighted by molar-refractivity contribution is 0.147. The number of aliphatic hydroxyl groups excluding tert-OH is 1. The van der Waals surface area contributed by atoms with Crippen LogP contribution in [-0.2, 0) is 9.57 Å². The minimum absolute atomic E-state index is 0.122. The summed E-state index contributed by atoms with van der Waals surface area (Å²) < 4.78 is 6.81. The van der Waals surface area contributed by atoms with Crippen molar-refractivity contribution in [1.29, 1.82) is 0 Å². The van der Waals surface area contributed by atoms with Gasteiger partial charge in [0.05, 0.1) is 17.8 Å². The van der Waals surface area contributed by atoms with Gasteiger partial charge in [0.2, 0.25) is 0 Å². The molecule has 8 heteroatoms. The van der Waals surface area contributed by atoms with Crippen LogP contribution in [0.1, 0.15) is 56.0 Å². The van der Waals surface area contributed by atoms with E-state index in [1.807, 2.05) is 50.4 Å². The summed E-state index contributed by atoms with van der Waals surface area (Å²) in [5.41, 5.74) is 2.69. The number of carbonyl (C=O) groups is 1. The van der Waals surface area contributed by atoms with Crippen molar-refractivity contribution in [1.82, 2.24) is 9.55 Å². The van der Waals surface area contributed by atoms with Crippen LogP contribution < -0.4 is 0 Å². The molecule has 3 aromatic rings. The molecule has 0 aliphatic heterocycles. The molecule has 0 aliphatic carbocycles. The van der Waals surface area contributed by atoms with Crippen LogP contribution in [0.15, 0.2) is 41.0 Å². The Bertz CT molecular complexity index is 1040. The topological polar surface area (TPSA) is 85.9 Å². The zero-order valence-electron chi connectivity index (χ0n) is 17.7. The fraction of sp³-hybridized carbons (Fsp3) is 0.409. The Morgan fingerprint density at radius 3 is 2.80 bits per heavy atom. The van der Waals surface area contributed by atoms with Gasteiger partial charge in [0.25, 0.3) is 0 Å². The van der Waals surface area contributed by atoms with Gasteiger partial charge in [-0.25, -0.2) is 9.78 Å². The lowest BCUT2D eigenvalue weighted by Crippen LogP contribution is -2.13. The van der Waals surface area contributed by atoms with Crippen molar-refractivity contribution in [3.8, 4) is 0 Å². The average Bonchev–Trinajstić information content (AvgIpc) is 3.37. The first-order valence-corrected chi connectivity index (χ1v) is 10.9. The number of unbranched alkanes of at least 4 members (excludes halogenated alkanes) is 1. The first-order chi connectivity index (χ1) is 14.5. The Kier molecular flexibility index (Phi) is 7.23. The molecule has 30 heavy (non-hydrogen) atoms. The van der Waals surface area contributed by atoms with E-state index in [-0.39, 0.29) is 5.92 Å². The Labute approximate surface area is 179 Å². The van der Waals surface area contributed by atoms with Crippen molar-refractivity contribution >= 4 is 34.0 Å². The largest absolute Gasteiger partial charge is 0.449 e. The van der Waals surface area contributed by atoms with Gasteiger partial charge in [-0.15, -0.1) is 11.3 Å². The fourth-order valence-corrected chi connectivity index (χ4v) is 3.97. The molecule has 2 heterocycles. The molecule has 1 unspecified atom stereocenters. The van der Waals surface area contributed by atoms with Gasteiger partial charge in [-0.05, 0) is 12.5 Å². The van der Waals surface area contributed by atoms with Crippen molar-refractivity contribution in [2.24, 2.45) is 11.1 Å². The third-order valence-corrected chi connectivity index (χ3v) is 5.61. The molecule has 0 fully saturated rings. The summed E-state index contributed by atoms with van der Waals surface area (Å²) in [6.45, 7) is 6.42. The predicted molar refractivity (Wildman–Crippen MR) is 118 cm³/mol. The molecule has 0 bridgehead atoms. The van der Waals surface area contributed by atoms with Crippen LogP contribution in [0.2, 0.25) is 0 Å². The maximum atomic E-state index is 12.6. The van der Waals surface area contributed by atoms with E-state index in [0.717, 1.165) is 18.2 Å². The predicted octanol–water partition coefficient (Wildman–Crippen LogP) is 4.97. The van der Waals surface area contributed by atoms with E-state index >= 15 is 0 Å². The molecule has 2 aromatic heterocycles. The van der Waals surface area contributed by atoms with Crippen molar-refractivity contribution < 1.29 is 19.5 Å². The van der Waals surface area contributed by atoms with Crippen LogP contribution in [0, 0.1) is 5.92 Å². The van der Waals surface area contributed by atoms with Gasteiger partial charge in [-0.3, -0.25) is 4.57 Å². The van der Waals surface area contributed by atoms with E-state index in [2.05, 4.69) is 10.1 Å². The lowest BCUT2D eigenvalue weighted by Gasteiger charge is -2.07. The molecule has 0 aliphatic rings. The number of carbonyl (C=O) groups excluding carboxylic acids is 1. The Balaban J connectivity index is 1.95. The molecule has 0 saturated carbocycles. The molecule has 1 atom stereocenters. The number of nitrogens with zero attached hydrogens (tertiary/aromatic N) is 3. The van der Waals surface area contributed by atoms with Crippen LogP contribution >= 0.6 is 11.3 Å². The Hall–Kier alpha value is -2.71. The third kappa shape index (κ3) is 4.55. The summed E-state index contributed by atoms with van der Waals surface area (Å²) in [6, 6.07) is 7.44. The van der Waals surface area contributed by atoms with Crippen molar-refractivity contribution in [2.75, 3.05) is 13.7 Å². The van der Waals surface area contributed by atoms with Gasteiger partial charge in [0.15, 0.2) is 0 Å². The molecule has 0 radical (unpaired) electrons. The highest BCUT2D eigenvalue weighted by atomic mass is 32.1. The van der Waals surface area contributed by atoms with Gasteiger partial charge >= 0.3 is 6.09 Å². The number of para-hydroxylation sites is 1. The zero-order chi connectivity index (χ0) is 21.7. The standard InChI is InChI=1S/C22H27N3O4S/c1-5-6-11-29-22(27)25-12-16(15-9-7-8-10-18(15)25)20(26)21-23-17(13-30-21)19(14(2)3)24-28-4/h7-10,12-14,20,26H,5-6,11H2,1-4H3/b24-19+. The second kappa shape index (κ2) is 9.86. The first kappa shape index (κ1) is 22.0. The first-order valence-electron chi connectivity index (χ1n) is 9.99. The number of aromatic nitrogens is 2. The number of oxime groups is 1. The number of hydrogen-bond donors (Lipinski definition) is 1. The molecule has 0 saturated heterocycles. The second-order valence-electron chi connectivity index (χ2n) is 7.23. The zero-order valence-corrected chi connectivity index (χ0v) is 18.5. The van der Waals surface area contributed by atoms with Crippen LogP contribution in [-0.4, -0.2) is 40.2 Å². The normalized spacial score (nSPS) is 13.1. The summed E-state index contributed by atoms with van der Waals surface area (Å²) in [7, 11) is 1.50. The molecule has 7 nitrogen and oxygen atoms in total. The van der Waals surface area contributed by atoms with Gasteiger partial charge in [-0.1, -0.05) is 50.5 Å². The highest BCUT2D eigenvalue weighted by molar-refractivity contribution is 7.10. The average molecular weight is 430 g/mol. The molecule has 1 N–H and O–H groups in total. The SMILES string of the molecule is CCCCOC(=O)n1cc(C(O)c2nc(/C(=N/OC)C(C)C)cs2)c2ccccc21. The van der Waals surface area contributed by atoms with Crippen LogP contribution in [0.25, 0.3) is 10.9 Å². The van der Waals surface area contributed by atoms with Crippen molar-refractivity contribution in [2.45, 2.75) is 39.7 Å². The molecular weight excluding hydrogens is 402 g/mol. The number of thiazole rings is 1. The molecule has 0 spiro atoms. The third-order valence-electron chi connectivity index (χ3n) is 4.71. The highest BCUT2D eigenvalue weighted by Crippen LogP contribution is 2.32. The van der Waals surface area contributed by atoms with E-state index in [1.54, 1.807) is 6.20 Å². The van der Waals surface area contributed by atoms with Gasteiger partial charge in [0, 0.05) is 28.4 Å². The summed E-state index contributed by atoms with van der Waals surface area (Å²) in [5.74, 6) is 0.122. The number of ether oxygens (including phenoxy) is 1. The summed E-state index contributed by atoms with van der Waals surface area (Å²) >= 11 is 1.34. The summed E-state index contributed by atoms with van der Waals surface area (Å²) in [5, 5.41) is 18.3. The Morgan fingerprint density at radius 2 is 2.10 bits per heavy atom. The number of hydrogen-bond acceptors (Lipinski definition) is 7. The van der Waals surface area contributed by atoms with Crippen molar-refractivity contribution in [3.05, 3.63) is 52.1 Å². The van der Waals surface area contributed by atoms with Gasteiger partial charge in [0.1, 0.15) is 23.9 Å². The summed E-state index contributed by atoms with van der Waals surface area (Å²) in [6.07, 6.45) is 1.96.